The average Bonchev–Trinajstić information content (AvgIpc) is 2.58. The van der Waals surface area contributed by atoms with Crippen molar-refractivity contribution < 1.29 is 0 Å². The lowest BCUT2D eigenvalue weighted by molar-refractivity contribution is 0.335. The number of imidazole rings is 1. The Hall–Kier alpha value is -0.830. The Balaban J connectivity index is 1.80. The maximum absolute atomic E-state index is 4.33. The molecule has 1 aromatic heterocycles. The summed E-state index contributed by atoms with van der Waals surface area (Å²) in [5, 5.41) is 3.64. The number of H-pyrrole nitrogens is 1. The molecular formula is C14H25N3. The first-order chi connectivity index (χ1) is 8.27. The van der Waals surface area contributed by atoms with Crippen LogP contribution in [0.1, 0.15) is 56.8 Å². The van der Waals surface area contributed by atoms with Gasteiger partial charge >= 0.3 is 0 Å². The molecule has 0 radical (unpaired) electrons. The molecule has 3 heteroatoms. The normalized spacial score (nSPS) is 20.1. The fourth-order valence-electron chi connectivity index (χ4n) is 2.80. The van der Waals surface area contributed by atoms with Crippen LogP contribution in [0.3, 0.4) is 0 Å². The summed E-state index contributed by atoms with van der Waals surface area (Å²) in [6.07, 6.45) is 10.3. The zero-order chi connectivity index (χ0) is 12.1. The van der Waals surface area contributed by atoms with Gasteiger partial charge in [-0.15, -0.1) is 0 Å². The number of nitrogens with zero attached hydrogens (tertiary/aromatic N) is 1. The molecule has 1 atom stereocenters. The standard InChI is InChI=1S/C14H25N3/c1-11(13-7-5-3-4-6-8-13)15-9-14-12(2)16-10-17-14/h10-11,13,15H,3-9H2,1-2H3,(H,16,17)/t11-/m1/s1. The van der Waals surface area contributed by atoms with Gasteiger partial charge in [0.05, 0.1) is 12.0 Å². The van der Waals surface area contributed by atoms with Gasteiger partial charge < -0.3 is 10.3 Å². The lowest BCUT2D eigenvalue weighted by Crippen LogP contribution is -2.33. The lowest BCUT2D eigenvalue weighted by Gasteiger charge is -2.23. The topological polar surface area (TPSA) is 40.7 Å². The summed E-state index contributed by atoms with van der Waals surface area (Å²) in [6.45, 7) is 5.31. The van der Waals surface area contributed by atoms with Crippen molar-refractivity contribution in [2.75, 3.05) is 0 Å². The fraction of sp³-hybridized carbons (Fsp3) is 0.786. The van der Waals surface area contributed by atoms with Crippen LogP contribution >= 0.6 is 0 Å². The molecule has 1 heterocycles. The van der Waals surface area contributed by atoms with E-state index in [1.54, 1.807) is 6.33 Å². The molecule has 1 aliphatic carbocycles. The van der Waals surface area contributed by atoms with E-state index in [-0.39, 0.29) is 0 Å². The molecule has 1 aliphatic rings. The highest BCUT2D eigenvalue weighted by Crippen LogP contribution is 2.25. The second kappa shape index (κ2) is 6.20. The summed E-state index contributed by atoms with van der Waals surface area (Å²) < 4.78 is 0. The first kappa shape index (κ1) is 12.6. The number of aromatic amines is 1. The van der Waals surface area contributed by atoms with Crippen LogP contribution in [0.5, 0.6) is 0 Å². The van der Waals surface area contributed by atoms with Crippen LogP contribution in [0, 0.1) is 12.8 Å². The summed E-state index contributed by atoms with van der Waals surface area (Å²) in [6, 6.07) is 0.615. The summed E-state index contributed by atoms with van der Waals surface area (Å²) in [4.78, 5) is 7.46. The van der Waals surface area contributed by atoms with Crippen molar-refractivity contribution in [1.29, 1.82) is 0 Å². The molecule has 96 valence electrons. The van der Waals surface area contributed by atoms with E-state index in [1.807, 2.05) is 0 Å². The lowest BCUT2D eigenvalue weighted by atomic mass is 9.93. The smallest absolute Gasteiger partial charge is 0.0925 e. The van der Waals surface area contributed by atoms with E-state index in [9.17, 15) is 0 Å². The highest BCUT2D eigenvalue weighted by molar-refractivity contribution is 5.08. The summed E-state index contributed by atoms with van der Waals surface area (Å²) in [5.41, 5.74) is 2.34. The van der Waals surface area contributed by atoms with E-state index in [0.717, 1.165) is 18.2 Å². The number of hydrogen-bond acceptors (Lipinski definition) is 2. The second-order valence-corrected chi connectivity index (χ2v) is 5.40. The average molecular weight is 235 g/mol. The number of hydrogen-bond donors (Lipinski definition) is 2. The monoisotopic (exact) mass is 235 g/mol. The van der Waals surface area contributed by atoms with Crippen LogP contribution in [0.15, 0.2) is 6.33 Å². The summed E-state index contributed by atoms with van der Waals surface area (Å²) >= 11 is 0. The van der Waals surface area contributed by atoms with Crippen molar-refractivity contribution in [1.82, 2.24) is 15.3 Å². The molecule has 0 saturated heterocycles. The Bertz CT molecular complexity index is 324. The zero-order valence-electron chi connectivity index (χ0n) is 11.1. The minimum absolute atomic E-state index is 0.615. The molecule has 1 aromatic rings. The third kappa shape index (κ3) is 3.56. The van der Waals surface area contributed by atoms with Gasteiger partial charge in [-0.25, -0.2) is 4.98 Å². The molecule has 0 aliphatic heterocycles. The zero-order valence-corrected chi connectivity index (χ0v) is 11.1. The minimum atomic E-state index is 0.615. The van der Waals surface area contributed by atoms with Gasteiger partial charge in [-0.1, -0.05) is 25.7 Å². The van der Waals surface area contributed by atoms with Crippen molar-refractivity contribution in [3.05, 3.63) is 17.7 Å². The quantitative estimate of drug-likeness (QED) is 0.787. The fourth-order valence-corrected chi connectivity index (χ4v) is 2.80. The maximum Gasteiger partial charge on any atom is 0.0925 e. The predicted molar refractivity (Wildman–Crippen MR) is 70.8 cm³/mol. The van der Waals surface area contributed by atoms with E-state index in [1.165, 1.54) is 44.2 Å². The Morgan fingerprint density at radius 3 is 2.65 bits per heavy atom. The van der Waals surface area contributed by atoms with E-state index >= 15 is 0 Å². The van der Waals surface area contributed by atoms with Crippen molar-refractivity contribution in [2.45, 2.75) is 65.0 Å². The number of aromatic nitrogens is 2. The van der Waals surface area contributed by atoms with Gasteiger partial charge in [0.2, 0.25) is 0 Å². The molecule has 0 unspecified atom stereocenters. The Labute approximate surface area is 104 Å². The van der Waals surface area contributed by atoms with E-state index in [2.05, 4.69) is 29.1 Å². The van der Waals surface area contributed by atoms with Crippen molar-refractivity contribution >= 4 is 0 Å². The van der Waals surface area contributed by atoms with Crippen LogP contribution in [-0.2, 0) is 6.54 Å². The third-order valence-electron chi connectivity index (χ3n) is 4.13. The molecule has 17 heavy (non-hydrogen) atoms. The largest absolute Gasteiger partial charge is 0.348 e. The van der Waals surface area contributed by atoms with Gasteiger partial charge in [-0.3, -0.25) is 0 Å². The minimum Gasteiger partial charge on any atom is -0.348 e. The van der Waals surface area contributed by atoms with Crippen molar-refractivity contribution in [2.24, 2.45) is 5.92 Å². The molecule has 2 N–H and O–H groups in total. The molecule has 0 aromatic carbocycles. The molecule has 0 amide bonds. The summed E-state index contributed by atoms with van der Waals surface area (Å²) in [5.74, 6) is 0.858. The molecule has 0 spiro atoms. The third-order valence-corrected chi connectivity index (χ3v) is 4.13. The number of nitrogens with one attached hydrogen (secondary N) is 2. The first-order valence-corrected chi connectivity index (χ1v) is 6.99. The molecule has 1 fully saturated rings. The highest BCUT2D eigenvalue weighted by Gasteiger charge is 2.18. The van der Waals surface area contributed by atoms with Gasteiger partial charge in [-0.2, -0.15) is 0 Å². The second-order valence-electron chi connectivity index (χ2n) is 5.40. The predicted octanol–water partition coefficient (Wildman–Crippen LogP) is 3.17. The van der Waals surface area contributed by atoms with Crippen LogP contribution in [0.25, 0.3) is 0 Å². The highest BCUT2D eigenvalue weighted by atomic mass is 15.0. The molecule has 1 saturated carbocycles. The Morgan fingerprint density at radius 2 is 2.06 bits per heavy atom. The SMILES string of the molecule is Cc1[nH]cnc1CN[C@H](C)C1CCCCCC1. The van der Waals surface area contributed by atoms with Crippen LogP contribution < -0.4 is 5.32 Å². The van der Waals surface area contributed by atoms with E-state index in [4.69, 9.17) is 0 Å². The van der Waals surface area contributed by atoms with E-state index in [0.29, 0.717) is 6.04 Å². The molecule has 0 bridgehead atoms. The summed E-state index contributed by atoms with van der Waals surface area (Å²) in [7, 11) is 0. The van der Waals surface area contributed by atoms with Gasteiger partial charge in [-0.05, 0) is 32.6 Å². The maximum atomic E-state index is 4.33. The number of aryl methyl sites for hydroxylation is 1. The van der Waals surface area contributed by atoms with Crippen molar-refractivity contribution in [3.8, 4) is 0 Å². The number of rotatable bonds is 4. The molecule has 3 nitrogen and oxygen atoms in total. The van der Waals surface area contributed by atoms with Crippen LogP contribution in [0.2, 0.25) is 0 Å². The van der Waals surface area contributed by atoms with Crippen molar-refractivity contribution in [3.63, 3.8) is 0 Å². The van der Waals surface area contributed by atoms with E-state index < -0.39 is 0 Å². The van der Waals surface area contributed by atoms with Crippen LogP contribution in [0.4, 0.5) is 0 Å². The van der Waals surface area contributed by atoms with Gasteiger partial charge in [0.25, 0.3) is 0 Å². The molecule has 2 rings (SSSR count). The van der Waals surface area contributed by atoms with Crippen LogP contribution in [-0.4, -0.2) is 16.0 Å². The van der Waals surface area contributed by atoms with Gasteiger partial charge in [0.15, 0.2) is 0 Å². The Morgan fingerprint density at radius 1 is 1.35 bits per heavy atom. The Kier molecular flexibility index (Phi) is 4.60. The first-order valence-electron chi connectivity index (χ1n) is 6.99. The van der Waals surface area contributed by atoms with Gasteiger partial charge in [0, 0.05) is 18.3 Å². The molecular weight excluding hydrogens is 210 g/mol. The van der Waals surface area contributed by atoms with Gasteiger partial charge in [0.1, 0.15) is 0 Å².